The van der Waals surface area contributed by atoms with Gasteiger partial charge in [-0.15, -0.1) is 0 Å². The summed E-state index contributed by atoms with van der Waals surface area (Å²) in [5, 5.41) is 1.77. The monoisotopic (exact) mass is 510 g/mol. The molecule has 1 aliphatic rings. The number of methoxy groups -OCH3 is 1. The smallest absolute Gasteiger partial charge is 0.340 e. The minimum absolute atomic E-state index is 0.0424. The molecular weight excluding hydrogens is 476 g/mol. The first-order valence-electron chi connectivity index (χ1n) is 13.4. The average molecular weight is 511 g/mol. The minimum atomic E-state index is -0.489. The van der Waals surface area contributed by atoms with Gasteiger partial charge in [-0.3, -0.25) is 9.78 Å². The van der Waals surface area contributed by atoms with Crippen molar-refractivity contribution in [3.05, 3.63) is 71.5 Å². The number of carbonyl (C=O) groups is 2. The lowest BCUT2D eigenvalue weighted by Gasteiger charge is -2.34. The summed E-state index contributed by atoms with van der Waals surface area (Å²) in [6.07, 6.45) is 9.59. The summed E-state index contributed by atoms with van der Waals surface area (Å²) in [6, 6.07) is 15.3. The molecule has 1 amide bonds. The van der Waals surface area contributed by atoms with E-state index >= 15 is 0 Å². The summed E-state index contributed by atoms with van der Waals surface area (Å²) < 4.78 is 11.3. The van der Waals surface area contributed by atoms with E-state index in [1.807, 2.05) is 62.4 Å². The lowest BCUT2D eigenvalue weighted by atomic mass is 9.82. The number of ether oxygens (including phenoxy) is 1. The molecule has 4 aromatic rings. The molecule has 5 rings (SSSR count). The normalized spacial score (nSPS) is 17.9. The van der Waals surface area contributed by atoms with Crippen LogP contribution in [0.3, 0.4) is 0 Å². The summed E-state index contributed by atoms with van der Waals surface area (Å²) in [6.45, 7) is 6.22. The lowest BCUT2D eigenvalue weighted by molar-refractivity contribution is -0.123. The van der Waals surface area contributed by atoms with Crippen molar-refractivity contribution in [3.63, 3.8) is 0 Å². The van der Waals surface area contributed by atoms with Gasteiger partial charge in [0.15, 0.2) is 0 Å². The number of furan rings is 1. The van der Waals surface area contributed by atoms with E-state index < -0.39 is 5.97 Å². The summed E-state index contributed by atoms with van der Waals surface area (Å²) in [5.41, 5.74) is 4.07. The van der Waals surface area contributed by atoms with Gasteiger partial charge < -0.3 is 14.1 Å². The van der Waals surface area contributed by atoms with Crippen LogP contribution in [-0.4, -0.2) is 30.0 Å². The van der Waals surface area contributed by atoms with Gasteiger partial charge in [-0.25, -0.2) is 4.79 Å². The minimum Gasteiger partial charge on any atom is -0.465 e. The van der Waals surface area contributed by atoms with Crippen molar-refractivity contribution in [3.8, 4) is 0 Å². The molecule has 38 heavy (non-hydrogen) atoms. The molecule has 0 bridgehead atoms. The molecule has 0 aliphatic heterocycles. The zero-order chi connectivity index (χ0) is 26.8. The van der Waals surface area contributed by atoms with Crippen LogP contribution < -0.4 is 4.90 Å². The van der Waals surface area contributed by atoms with Gasteiger partial charge in [-0.2, -0.15) is 0 Å². The van der Waals surface area contributed by atoms with Crippen LogP contribution in [0.1, 0.15) is 68.1 Å². The molecule has 0 spiro atoms. The van der Waals surface area contributed by atoms with Crippen molar-refractivity contribution in [1.82, 2.24) is 4.98 Å². The van der Waals surface area contributed by atoms with Crippen molar-refractivity contribution in [2.75, 3.05) is 12.0 Å². The third-order valence-corrected chi connectivity index (χ3v) is 7.53. The number of anilines is 1. The molecule has 0 unspecified atom stereocenters. The molecule has 2 heterocycles. The van der Waals surface area contributed by atoms with E-state index in [4.69, 9.17) is 9.15 Å². The quantitative estimate of drug-likeness (QED) is 0.251. The number of benzene rings is 2. The van der Waals surface area contributed by atoms with Gasteiger partial charge in [-0.05, 0) is 93.5 Å². The fraction of sp³-hybridized carbons (Fsp3) is 0.344. The molecule has 2 aromatic heterocycles. The van der Waals surface area contributed by atoms with Crippen LogP contribution >= 0.6 is 0 Å². The van der Waals surface area contributed by atoms with Gasteiger partial charge >= 0.3 is 5.97 Å². The highest BCUT2D eigenvalue weighted by atomic mass is 16.5. The van der Waals surface area contributed by atoms with Crippen LogP contribution in [0.2, 0.25) is 0 Å². The highest BCUT2D eigenvalue weighted by Crippen LogP contribution is 2.38. The van der Waals surface area contributed by atoms with Gasteiger partial charge in [0, 0.05) is 28.9 Å². The first-order chi connectivity index (χ1) is 18.4. The van der Waals surface area contributed by atoms with Gasteiger partial charge in [0.05, 0.1) is 24.1 Å². The molecule has 196 valence electrons. The van der Waals surface area contributed by atoms with E-state index in [0.717, 1.165) is 47.7 Å². The topological polar surface area (TPSA) is 72.6 Å². The zero-order valence-corrected chi connectivity index (χ0v) is 22.4. The second kappa shape index (κ2) is 10.8. The number of carbonyl (C=O) groups excluding carboxylic acids is 2. The molecule has 1 saturated carbocycles. The highest BCUT2D eigenvalue weighted by Gasteiger charge is 2.33. The number of amides is 1. The number of hydrogen-bond donors (Lipinski definition) is 0. The Morgan fingerprint density at radius 2 is 1.76 bits per heavy atom. The van der Waals surface area contributed by atoms with E-state index in [9.17, 15) is 9.59 Å². The summed E-state index contributed by atoms with van der Waals surface area (Å²) in [7, 11) is 1.36. The van der Waals surface area contributed by atoms with Crippen LogP contribution in [0.4, 0.5) is 5.69 Å². The average Bonchev–Trinajstić information content (AvgIpc) is 3.28. The maximum atomic E-state index is 13.9. The SMILES string of the molecule is COC(=O)c1cc2oc3ccc(/C=C/c4ccccn4)cc3c2cc1N(C(=O)C1CCC(C)CC1)C(C)C. The van der Waals surface area contributed by atoms with Crippen molar-refractivity contribution in [2.45, 2.75) is 52.5 Å². The Morgan fingerprint density at radius 1 is 1.00 bits per heavy atom. The summed E-state index contributed by atoms with van der Waals surface area (Å²) >= 11 is 0. The molecule has 1 fully saturated rings. The maximum absolute atomic E-state index is 13.9. The maximum Gasteiger partial charge on any atom is 0.340 e. The van der Waals surface area contributed by atoms with Gasteiger partial charge in [0.2, 0.25) is 5.91 Å². The molecular formula is C32H34N2O4. The standard InChI is InChI=1S/C32H34N2O4/c1-20(2)34(31(35)23-12-8-21(3)9-13-23)28-18-26-25-17-22(10-14-24-7-5-6-16-33-24)11-15-29(25)38-30(26)19-27(28)32(36)37-4/h5-7,10-11,14-21,23H,8-9,12-13H2,1-4H3/b14-10+. The van der Waals surface area contributed by atoms with E-state index in [0.29, 0.717) is 28.3 Å². The number of esters is 1. The van der Waals surface area contributed by atoms with Gasteiger partial charge in [0.25, 0.3) is 0 Å². The Balaban J connectivity index is 1.61. The second-order valence-corrected chi connectivity index (χ2v) is 10.6. The third kappa shape index (κ3) is 5.08. The summed E-state index contributed by atoms with van der Waals surface area (Å²) in [5.74, 6) is 0.186. The molecule has 6 heteroatoms. The molecule has 1 aliphatic carbocycles. The van der Waals surface area contributed by atoms with Crippen LogP contribution in [0.25, 0.3) is 34.1 Å². The van der Waals surface area contributed by atoms with E-state index in [-0.39, 0.29) is 17.9 Å². The number of nitrogens with zero attached hydrogens (tertiary/aromatic N) is 2. The van der Waals surface area contributed by atoms with Crippen molar-refractivity contribution >= 4 is 51.7 Å². The lowest BCUT2D eigenvalue weighted by Crippen LogP contribution is -2.43. The molecule has 0 N–H and O–H groups in total. The Hall–Kier alpha value is -3.93. The largest absolute Gasteiger partial charge is 0.465 e. The first-order valence-corrected chi connectivity index (χ1v) is 13.4. The fourth-order valence-electron chi connectivity index (χ4n) is 5.42. The van der Waals surface area contributed by atoms with Crippen LogP contribution in [0, 0.1) is 11.8 Å². The highest BCUT2D eigenvalue weighted by molar-refractivity contribution is 6.12. The van der Waals surface area contributed by atoms with Crippen LogP contribution in [0.15, 0.2) is 59.1 Å². The van der Waals surface area contributed by atoms with E-state index in [2.05, 4.69) is 18.0 Å². The second-order valence-electron chi connectivity index (χ2n) is 10.6. The van der Waals surface area contributed by atoms with E-state index in [1.165, 1.54) is 7.11 Å². The zero-order valence-electron chi connectivity index (χ0n) is 22.4. The molecule has 0 radical (unpaired) electrons. The van der Waals surface area contributed by atoms with Crippen LogP contribution in [0.5, 0.6) is 0 Å². The summed E-state index contributed by atoms with van der Waals surface area (Å²) in [4.78, 5) is 32.9. The number of rotatable bonds is 6. The Labute approximate surface area is 223 Å². The van der Waals surface area contributed by atoms with Crippen molar-refractivity contribution in [2.24, 2.45) is 11.8 Å². The molecule has 6 nitrogen and oxygen atoms in total. The van der Waals surface area contributed by atoms with E-state index in [1.54, 1.807) is 17.2 Å². The first kappa shape index (κ1) is 25.7. The van der Waals surface area contributed by atoms with Crippen molar-refractivity contribution in [1.29, 1.82) is 0 Å². The third-order valence-electron chi connectivity index (χ3n) is 7.53. The van der Waals surface area contributed by atoms with Gasteiger partial charge in [-0.1, -0.05) is 25.1 Å². The van der Waals surface area contributed by atoms with Gasteiger partial charge in [0.1, 0.15) is 11.2 Å². The molecule has 0 saturated heterocycles. The molecule has 0 atom stereocenters. The molecule has 2 aromatic carbocycles. The fourth-order valence-corrected chi connectivity index (χ4v) is 5.42. The number of pyridine rings is 1. The van der Waals surface area contributed by atoms with Crippen molar-refractivity contribution < 1.29 is 18.7 Å². The Kier molecular flexibility index (Phi) is 7.32. The predicted molar refractivity (Wildman–Crippen MR) is 152 cm³/mol. The number of aromatic nitrogens is 1. The Bertz CT molecular complexity index is 1490. The number of hydrogen-bond acceptors (Lipinski definition) is 5. The number of fused-ring (bicyclic) bond motifs is 3. The predicted octanol–water partition coefficient (Wildman–Crippen LogP) is 7.51. The Morgan fingerprint density at radius 3 is 2.45 bits per heavy atom. The van der Waals surface area contributed by atoms with Crippen LogP contribution in [-0.2, 0) is 9.53 Å².